The molecule has 2 nitrogen and oxygen atoms in total. The SMILES string of the molecule is O=C(O)CCCCCCCCCCCCCCCCCCCCCC(=S)S. The Kier molecular flexibility index (Phi) is 22.1. The predicted octanol–water partition coefficient (Wildman–Crippen LogP) is 8.52. The topological polar surface area (TPSA) is 37.3 Å². The summed E-state index contributed by atoms with van der Waals surface area (Å²) in [5.74, 6) is -0.656. The molecule has 0 saturated heterocycles. The van der Waals surface area contributed by atoms with Gasteiger partial charge in [0.2, 0.25) is 0 Å². The third-order valence-electron chi connectivity index (χ3n) is 5.28. The van der Waals surface area contributed by atoms with Crippen LogP contribution >= 0.6 is 24.8 Å². The number of aliphatic carboxylic acids is 1. The third-order valence-corrected chi connectivity index (χ3v) is 5.71. The number of rotatable bonds is 22. The highest BCUT2D eigenvalue weighted by Gasteiger charge is 1.97. The summed E-state index contributed by atoms with van der Waals surface area (Å²) in [6.45, 7) is 0. The predicted molar refractivity (Wildman–Crippen MR) is 126 cm³/mol. The van der Waals surface area contributed by atoms with Gasteiger partial charge in [0.15, 0.2) is 0 Å². The molecule has 0 aliphatic heterocycles. The zero-order valence-electron chi connectivity index (χ0n) is 17.6. The third kappa shape index (κ3) is 25.9. The molecule has 0 heterocycles. The van der Waals surface area contributed by atoms with Gasteiger partial charge in [-0.15, -0.1) is 12.6 Å². The van der Waals surface area contributed by atoms with E-state index >= 15 is 0 Å². The first-order valence-electron chi connectivity index (χ1n) is 11.6. The van der Waals surface area contributed by atoms with Gasteiger partial charge in [-0.2, -0.15) is 0 Å². The van der Waals surface area contributed by atoms with E-state index in [0.29, 0.717) is 6.42 Å². The lowest BCUT2D eigenvalue weighted by molar-refractivity contribution is -0.137. The van der Waals surface area contributed by atoms with Crippen molar-refractivity contribution in [2.24, 2.45) is 0 Å². The average Bonchev–Trinajstić information content (AvgIpc) is 2.62. The van der Waals surface area contributed by atoms with Crippen LogP contribution in [0.2, 0.25) is 0 Å². The van der Waals surface area contributed by atoms with Crippen LogP contribution in [-0.4, -0.2) is 15.3 Å². The van der Waals surface area contributed by atoms with Crippen molar-refractivity contribution in [1.82, 2.24) is 0 Å². The van der Waals surface area contributed by atoms with E-state index in [1.807, 2.05) is 0 Å². The summed E-state index contributed by atoms with van der Waals surface area (Å²) >= 11 is 9.13. The summed E-state index contributed by atoms with van der Waals surface area (Å²) in [5, 5.41) is 8.57. The second-order valence-electron chi connectivity index (χ2n) is 8.00. The Hall–Kier alpha value is -0.0900. The molecule has 0 bridgehead atoms. The van der Waals surface area contributed by atoms with Crippen LogP contribution in [0.5, 0.6) is 0 Å². The van der Waals surface area contributed by atoms with Crippen molar-refractivity contribution in [3.05, 3.63) is 0 Å². The van der Waals surface area contributed by atoms with Gasteiger partial charge >= 0.3 is 5.97 Å². The Morgan fingerprint density at radius 3 is 0.963 bits per heavy atom. The van der Waals surface area contributed by atoms with E-state index in [4.69, 9.17) is 17.3 Å². The second kappa shape index (κ2) is 22.2. The van der Waals surface area contributed by atoms with Gasteiger partial charge in [-0.3, -0.25) is 4.79 Å². The number of unbranched alkanes of at least 4 members (excludes halogenated alkanes) is 18. The maximum Gasteiger partial charge on any atom is 0.303 e. The fourth-order valence-corrected chi connectivity index (χ4v) is 3.86. The van der Waals surface area contributed by atoms with Gasteiger partial charge < -0.3 is 5.11 Å². The van der Waals surface area contributed by atoms with E-state index in [1.165, 1.54) is 109 Å². The maximum absolute atomic E-state index is 10.4. The van der Waals surface area contributed by atoms with Crippen molar-refractivity contribution in [1.29, 1.82) is 0 Å². The van der Waals surface area contributed by atoms with Crippen molar-refractivity contribution < 1.29 is 9.90 Å². The zero-order chi connectivity index (χ0) is 20.0. The van der Waals surface area contributed by atoms with Crippen LogP contribution in [0.3, 0.4) is 0 Å². The van der Waals surface area contributed by atoms with Crippen LogP contribution < -0.4 is 0 Å². The molecule has 0 aromatic rings. The van der Waals surface area contributed by atoms with Gasteiger partial charge in [0.05, 0.1) is 0 Å². The number of carboxylic acids is 1. The lowest BCUT2D eigenvalue weighted by atomic mass is 10.0. The molecule has 0 aliphatic rings. The summed E-state index contributed by atoms with van der Waals surface area (Å²) in [6, 6.07) is 0. The van der Waals surface area contributed by atoms with E-state index in [1.54, 1.807) is 0 Å². The largest absolute Gasteiger partial charge is 0.481 e. The van der Waals surface area contributed by atoms with Crippen molar-refractivity contribution >= 4 is 35.0 Å². The lowest BCUT2D eigenvalue weighted by Gasteiger charge is -2.04. The van der Waals surface area contributed by atoms with Crippen LogP contribution in [0, 0.1) is 0 Å². The van der Waals surface area contributed by atoms with Crippen LogP contribution in [-0.2, 0) is 4.79 Å². The quantitative estimate of drug-likeness (QED) is 0.105. The number of carboxylic acid groups (broad SMARTS) is 1. The Labute approximate surface area is 179 Å². The molecule has 0 atom stereocenters. The molecule has 4 heteroatoms. The monoisotopic (exact) mass is 416 g/mol. The lowest BCUT2D eigenvalue weighted by Crippen LogP contribution is -1.93. The molecule has 0 spiro atoms. The van der Waals surface area contributed by atoms with Crippen molar-refractivity contribution in [2.45, 2.75) is 135 Å². The molecule has 0 unspecified atom stereocenters. The first kappa shape index (κ1) is 26.9. The Morgan fingerprint density at radius 2 is 0.741 bits per heavy atom. The van der Waals surface area contributed by atoms with Gasteiger partial charge in [-0.1, -0.05) is 121 Å². The average molecular weight is 417 g/mol. The van der Waals surface area contributed by atoms with Crippen LogP contribution in [0.4, 0.5) is 0 Å². The highest BCUT2D eigenvalue weighted by atomic mass is 32.1. The molecule has 0 saturated carbocycles. The standard InChI is InChI=1S/C23H44O2S2/c24-22(25)20-18-16-14-12-10-8-6-4-2-1-3-5-7-9-11-13-15-17-19-21-23(26)27/h1-21H2,(H,24,25)(H,26,27). The fraction of sp³-hybridized carbons (Fsp3) is 0.913. The van der Waals surface area contributed by atoms with Gasteiger partial charge in [-0.25, -0.2) is 0 Å². The molecule has 0 radical (unpaired) electrons. The van der Waals surface area contributed by atoms with Crippen molar-refractivity contribution in [3.63, 3.8) is 0 Å². The van der Waals surface area contributed by atoms with Crippen molar-refractivity contribution in [2.75, 3.05) is 0 Å². The van der Waals surface area contributed by atoms with Crippen molar-refractivity contribution in [3.8, 4) is 0 Å². The highest BCUT2D eigenvalue weighted by molar-refractivity contribution is 8.11. The van der Waals surface area contributed by atoms with E-state index in [-0.39, 0.29) is 0 Å². The van der Waals surface area contributed by atoms with E-state index in [0.717, 1.165) is 23.5 Å². The Bertz CT molecular complexity index is 313. The molecular formula is C23H44O2S2. The van der Waals surface area contributed by atoms with Crippen LogP contribution in [0.15, 0.2) is 0 Å². The molecule has 0 aromatic carbocycles. The van der Waals surface area contributed by atoms with Gasteiger partial charge in [0.25, 0.3) is 0 Å². The molecule has 1 N–H and O–H groups in total. The van der Waals surface area contributed by atoms with Crippen LogP contribution in [0.25, 0.3) is 0 Å². The molecular weight excluding hydrogens is 372 g/mol. The minimum atomic E-state index is -0.656. The Balaban J connectivity index is 3.01. The molecule has 27 heavy (non-hydrogen) atoms. The smallest absolute Gasteiger partial charge is 0.303 e. The number of carbonyl (C=O) groups is 1. The number of hydrogen-bond acceptors (Lipinski definition) is 2. The summed E-state index contributed by atoms with van der Waals surface area (Å²) in [6.07, 6.45) is 26.4. The first-order chi connectivity index (χ1) is 13.1. The van der Waals surface area contributed by atoms with Gasteiger partial charge in [0, 0.05) is 10.6 Å². The molecule has 160 valence electrons. The zero-order valence-corrected chi connectivity index (χ0v) is 19.3. The number of thiol groups is 1. The highest BCUT2D eigenvalue weighted by Crippen LogP contribution is 2.15. The van der Waals surface area contributed by atoms with E-state index < -0.39 is 5.97 Å². The minimum Gasteiger partial charge on any atom is -0.481 e. The molecule has 0 aromatic heterocycles. The van der Waals surface area contributed by atoms with E-state index in [9.17, 15) is 4.79 Å². The first-order valence-corrected chi connectivity index (χ1v) is 12.4. The fourth-order valence-electron chi connectivity index (χ4n) is 3.56. The van der Waals surface area contributed by atoms with Gasteiger partial charge in [0.1, 0.15) is 0 Å². The summed E-state index contributed by atoms with van der Waals surface area (Å²) in [4.78, 5) is 10.4. The van der Waals surface area contributed by atoms with E-state index in [2.05, 4.69) is 12.6 Å². The molecule has 0 aliphatic carbocycles. The molecule has 0 rings (SSSR count). The minimum absolute atomic E-state index is 0.340. The second-order valence-corrected chi connectivity index (χ2v) is 9.34. The maximum atomic E-state index is 10.4. The van der Waals surface area contributed by atoms with Crippen LogP contribution in [0.1, 0.15) is 135 Å². The molecule has 0 fully saturated rings. The number of hydrogen-bond donors (Lipinski definition) is 2. The normalized spacial score (nSPS) is 11.0. The number of thiocarbonyl (C=S) groups is 1. The van der Waals surface area contributed by atoms with Gasteiger partial charge in [-0.05, 0) is 19.3 Å². The summed E-state index contributed by atoms with van der Waals surface area (Å²) < 4.78 is 0.861. The summed E-state index contributed by atoms with van der Waals surface area (Å²) in [5.41, 5.74) is 0. The Morgan fingerprint density at radius 1 is 0.519 bits per heavy atom. The molecule has 0 amide bonds. The summed E-state index contributed by atoms with van der Waals surface area (Å²) in [7, 11) is 0.